The van der Waals surface area contributed by atoms with Crippen molar-refractivity contribution in [2.24, 2.45) is 11.8 Å². The first-order valence-corrected chi connectivity index (χ1v) is 8.91. The molecular weight excluding hydrogens is 246 g/mol. The van der Waals surface area contributed by atoms with Crippen LogP contribution in [0.25, 0.3) is 0 Å². The summed E-state index contributed by atoms with van der Waals surface area (Å²) in [6, 6.07) is 0.685. The molecule has 0 radical (unpaired) electrons. The average Bonchev–Trinajstić information content (AvgIpc) is 2.93. The molecule has 20 heavy (non-hydrogen) atoms. The molecule has 0 aromatic heterocycles. The van der Waals surface area contributed by atoms with E-state index in [1.165, 1.54) is 71.5 Å². The molecule has 118 valence electrons. The molecule has 2 heterocycles. The second kappa shape index (κ2) is 8.35. The Kier molecular flexibility index (Phi) is 6.79. The first-order valence-electron chi connectivity index (χ1n) is 8.91. The van der Waals surface area contributed by atoms with Crippen LogP contribution in [0.4, 0.5) is 0 Å². The molecule has 2 aliphatic rings. The highest BCUT2D eigenvalue weighted by Crippen LogP contribution is 2.21. The molecule has 2 saturated heterocycles. The lowest BCUT2D eigenvalue weighted by molar-refractivity contribution is 0.149. The van der Waals surface area contributed by atoms with E-state index >= 15 is 0 Å². The van der Waals surface area contributed by atoms with Gasteiger partial charge < -0.3 is 15.1 Å². The van der Waals surface area contributed by atoms with Gasteiger partial charge in [0.05, 0.1) is 0 Å². The highest BCUT2D eigenvalue weighted by atomic mass is 15.2. The van der Waals surface area contributed by atoms with E-state index in [2.05, 4.69) is 35.9 Å². The van der Waals surface area contributed by atoms with Gasteiger partial charge in [0, 0.05) is 19.1 Å². The molecule has 2 aliphatic heterocycles. The zero-order valence-corrected chi connectivity index (χ0v) is 13.9. The van der Waals surface area contributed by atoms with Crippen LogP contribution < -0.4 is 5.32 Å². The molecule has 2 rings (SSSR count). The van der Waals surface area contributed by atoms with E-state index in [1.54, 1.807) is 0 Å². The van der Waals surface area contributed by atoms with Crippen molar-refractivity contribution in [2.75, 3.05) is 45.8 Å². The molecule has 3 atom stereocenters. The largest absolute Gasteiger partial charge is 0.314 e. The Bertz CT molecular complexity index is 267. The number of nitrogens with one attached hydrogen (secondary N) is 1. The van der Waals surface area contributed by atoms with E-state index in [9.17, 15) is 0 Å². The molecule has 0 bridgehead atoms. The van der Waals surface area contributed by atoms with Crippen LogP contribution in [0.3, 0.4) is 0 Å². The summed E-state index contributed by atoms with van der Waals surface area (Å²) >= 11 is 0. The summed E-state index contributed by atoms with van der Waals surface area (Å²) < 4.78 is 0. The average molecular weight is 281 g/mol. The van der Waals surface area contributed by atoms with Gasteiger partial charge in [0.15, 0.2) is 0 Å². The van der Waals surface area contributed by atoms with Crippen molar-refractivity contribution < 1.29 is 0 Å². The smallest absolute Gasteiger partial charge is 0.00793 e. The van der Waals surface area contributed by atoms with Crippen LogP contribution in [0.15, 0.2) is 0 Å². The number of nitrogens with zero attached hydrogens (tertiary/aromatic N) is 2. The summed E-state index contributed by atoms with van der Waals surface area (Å²) in [5.41, 5.74) is 0. The molecule has 1 N–H and O–H groups in total. The van der Waals surface area contributed by atoms with Crippen molar-refractivity contribution in [1.82, 2.24) is 15.1 Å². The summed E-state index contributed by atoms with van der Waals surface area (Å²) in [7, 11) is 0. The van der Waals surface area contributed by atoms with Crippen LogP contribution >= 0.6 is 0 Å². The van der Waals surface area contributed by atoms with Crippen molar-refractivity contribution in [3.8, 4) is 0 Å². The summed E-state index contributed by atoms with van der Waals surface area (Å²) in [6.07, 6.45) is 5.49. The summed E-state index contributed by atoms with van der Waals surface area (Å²) in [5.74, 6) is 1.74. The molecule has 3 heteroatoms. The fraction of sp³-hybridized carbons (Fsp3) is 1.00. The molecule has 3 unspecified atom stereocenters. The zero-order valence-electron chi connectivity index (χ0n) is 13.9. The van der Waals surface area contributed by atoms with Gasteiger partial charge in [0.2, 0.25) is 0 Å². The van der Waals surface area contributed by atoms with E-state index < -0.39 is 0 Å². The molecule has 3 nitrogen and oxygen atoms in total. The van der Waals surface area contributed by atoms with Crippen LogP contribution in [0, 0.1) is 11.8 Å². The van der Waals surface area contributed by atoms with Crippen LogP contribution in [-0.2, 0) is 0 Å². The highest BCUT2D eigenvalue weighted by Gasteiger charge is 2.26. The normalized spacial score (nSPS) is 30.8. The lowest BCUT2D eigenvalue weighted by Crippen LogP contribution is -2.45. The molecule has 0 amide bonds. The molecule has 0 saturated carbocycles. The molecule has 2 fully saturated rings. The second-order valence-electron chi connectivity index (χ2n) is 6.95. The van der Waals surface area contributed by atoms with Crippen molar-refractivity contribution in [1.29, 1.82) is 0 Å². The standard InChI is InChI=1S/C17H35N3/c1-4-9-20-10-6-7-17(14-20)15(3)18-12-16-8-11-19(5-2)13-16/h15-18H,4-14H2,1-3H3. The lowest BCUT2D eigenvalue weighted by atomic mass is 9.91. The lowest BCUT2D eigenvalue weighted by Gasteiger charge is -2.36. The van der Waals surface area contributed by atoms with Crippen molar-refractivity contribution >= 4 is 0 Å². The fourth-order valence-corrected chi connectivity index (χ4v) is 3.90. The van der Waals surface area contributed by atoms with Gasteiger partial charge in [-0.05, 0) is 77.2 Å². The Hall–Kier alpha value is -0.120. The maximum atomic E-state index is 3.85. The van der Waals surface area contributed by atoms with Gasteiger partial charge in [0.25, 0.3) is 0 Å². The van der Waals surface area contributed by atoms with Gasteiger partial charge in [-0.2, -0.15) is 0 Å². The van der Waals surface area contributed by atoms with E-state index in [4.69, 9.17) is 0 Å². The topological polar surface area (TPSA) is 18.5 Å². The minimum absolute atomic E-state index is 0.685. The van der Waals surface area contributed by atoms with Crippen molar-refractivity contribution in [3.63, 3.8) is 0 Å². The number of hydrogen-bond donors (Lipinski definition) is 1. The molecule has 0 aliphatic carbocycles. The van der Waals surface area contributed by atoms with Gasteiger partial charge in [-0.1, -0.05) is 13.8 Å². The molecule has 0 aromatic carbocycles. The maximum absolute atomic E-state index is 3.85. The third kappa shape index (κ3) is 4.71. The number of hydrogen-bond acceptors (Lipinski definition) is 3. The third-order valence-electron chi connectivity index (χ3n) is 5.33. The monoisotopic (exact) mass is 281 g/mol. The van der Waals surface area contributed by atoms with E-state index in [-0.39, 0.29) is 0 Å². The van der Waals surface area contributed by atoms with Gasteiger partial charge in [-0.3, -0.25) is 0 Å². The predicted octanol–water partition coefficient (Wildman–Crippen LogP) is 2.43. The van der Waals surface area contributed by atoms with Crippen LogP contribution in [-0.4, -0.2) is 61.7 Å². The van der Waals surface area contributed by atoms with Gasteiger partial charge in [0.1, 0.15) is 0 Å². The Morgan fingerprint density at radius 1 is 1.10 bits per heavy atom. The summed E-state index contributed by atoms with van der Waals surface area (Å²) in [4.78, 5) is 5.25. The van der Waals surface area contributed by atoms with E-state index in [1.807, 2.05) is 0 Å². The van der Waals surface area contributed by atoms with Crippen molar-refractivity contribution in [3.05, 3.63) is 0 Å². The zero-order chi connectivity index (χ0) is 14.4. The van der Waals surface area contributed by atoms with Crippen LogP contribution in [0.5, 0.6) is 0 Å². The highest BCUT2D eigenvalue weighted by molar-refractivity contribution is 4.83. The second-order valence-corrected chi connectivity index (χ2v) is 6.95. The Labute approximate surface area is 126 Å². The quantitative estimate of drug-likeness (QED) is 0.773. The fourth-order valence-electron chi connectivity index (χ4n) is 3.90. The van der Waals surface area contributed by atoms with Crippen LogP contribution in [0.1, 0.15) is 46.5 Å². The van der Waals surface area contributed by atoms with Gasteiger partial charge >= 0.3 is 0 Å². The summed E-state index contributed by atoms with van der Waals surface area (Å²) in [6.45, 7) is 16.0. The Morgan fingerprint density at radius 3 is 2.65 bits per heavy atom. The molecule has 0 aromatic rings. The number of rotatable bonds is 7. The molecule has 0 spiro atoms. The van der Waals surface area contributed by atoms with Crippen LogP contribution in [0.2, 0.25) is 0 Å². The SMILES string of the molecule is CCCN1CCCC(C(C)NCC2CCN(CC)C2)C1. The summed E-state index contributed by atoms with van der Waals surface area (Å²) in [5, 5.41) is 3.85. The first kappa shape index (κ1) is 16.3. The minimum atomic E-state index is 0.685. The first-order chi connectivity index (χ1) is 9.72. The van der Waals surface area contributed by atoms with Crippen molar-refractivity contribution in [2.45, 2.75) is 52.5 Å². The number of likely N-dealkylation sites (tertiary alicyclic amines) is 2. The predicted molar refractivity (Wildman–Crippen MR) is 87.1 cm³/mol. The Balaban J connectivity index is 1.67. The maximum Gasteiger partial charge on any atom is 0.00793 e. The number of piperidine rings is 1. The van der Waals surface area contributed by atoms with E-state index in [0.29, 0.717) is 6.04 Å². The van der Waals surface area contributed by atoms with E-state index in [0.717, 1.165) is 11.8 Å². The molecular formula is C17H35N3. The Morgan fingerprint density at radius 2 is 1.95 bits per heavy atom. The third-order valence-corrected chi connectivity index (χ3v) is 5.33. The van der Waals surface area contributed by atoms with Gasteiger partial charge in [-0.25, -0.2) is 0 Å². The van der Waals surface area contributed by atoms with Gasteiger partial charge in [-0.15, -0.1) is 0 Å². The minimum Gasteiger partial charge on any atom is -0.314 e.